The number of amides is 1. The Hall–Kier alpha value is -3.02. The average Bonchev–Trinajstić information content (AvgIpc) is 3.17. The van der Waals surface area contributed by atoms with Gasteiger partial charge in [0, 0.05) is 26.1 Å². The van der Waals surface area contributed by atoms with Crippen molar-refractivity contribution in [2.45, 2.75) is 52.8 Å². The summed E-state index contributed by atoms with van der Waals surface area (Å²) in [6, 6.07) is 16.4. The number of carbonyl (C=O) groups excluding carboxylic acids is 1. The summed E-state index contributed by atoms with van der Waals surface area (Å²) in [5.41, 5.74) is 3.43. The first-order valence-electron chi connectivity index (χ1n) is 11.1. The number of nitrogens with one attached hydrogen (secondary N) is 2. The molecule has 2 aromatic rings. The largest absolute Gasteiger partial charge is 0.489 e. The van der Waals surface area contributed by atoms with E-state index in [1.165, 1.54) is 0 Å². The minimum Gasteiger partial charge on any atom is -0.489 e. The van der Waals surface area contributed by atoms with Gasteiger partial charge in [0.2, 0.25) is 5.91 Å². The molecule has 0 aliphatic carbocycles. The molecule has 166 valence electrons. The standard InChI is InChI=1S/C25H34N4O2/c1-4-26-25(27-16-20(3)31-23-9-6-5-8-19(23)2)28-17-21-11-13-22(14-12-21)18-29-15-7-10-24(29)30/h5-6,8-9,11-14,20H,4,7,10,15-18H2,1-3H3,(H2,26,27,28). The summed E-state index contributed by atoms with van der Waals surface area (Å²) >= 11 is 0. The zero-order chi connectivity index (χ0) is 22.1. The summed E-state index contributed by atoms with van der Waals surface area (Å²) in [6.07, 6.45) is 1.67. The molecular weight excluding hydrogens is 388 g/mol. The number of para-hydroxylation sites is 1. The predicted octanol–water partition coefficient (Wildman–Crippen LogP) is 3.64. The number of guanidine groups is 1. The van der Waals surface area contributed by atoms with Crippen LogP contribution in [0.5, 0.6) is 5.75 Å². The number of ether oxygens (including phenoxy) is 1. The van der Waals surface area contributed by atoms with Crippen molar-refractivity contribution in [3.8, 4) is 5.75 Å². The number of aliphatic imine (C=N–C) groups is 1. The number of rotatable bonds is 9. The van der Waals surface area contributed by atoms with E-state index in [-0.39, 0.29) is 12.0 Å². The van der Waals surface area contributed by atoms with Gasteiger partial charge in [0.25, 0.3) is 0 Å². The molecule has 0 radical (unpaired) electrons. The molecule has 1 atom stereocenters. The van der Waals surface area contributed by atoms with Crippen LogP contribution >= 0.6 is 0 Å². The highest BCUT2D eigenvalue weighted by Gasteiger charge is 2.19. The lowest BCUT2D eigenvalue weighted by atomic mass is 10.1. The smallest absolute Gasteiger partial charge is 0.222 e. The number of likely N-dealkylation sites (tertiary alicyclic amines) is 1. The second-order valence-electron chi connectivity index (χ2n) is 8.01. The zero-order valence-corrected chi connectivity index (χ0v) is 18.9. The Kier molecular flexibility index (Phi) is 8.33. The molecule has 0 spiro atoms. The number of nitrogens with zero attached hydrogens (tertiary/aromatic N) is 2. The monoisotopic (exact) mass is 422 g/mol. The topological polar surface area (TPSA) is 66.0 Å². The van der Waals surface area contributed by atoms with Gasteiger partial charge in [-0.05, 0) is 49.9 Å². The van der Waals surface area contributed by atoms with E-state index in [1.54, 1.807) is 0 Å². The molecule has 1 amide bonds. The van der Waals surface area contributed by atoms with E-state index in [0.29, 0.717) is 26.1 Å². The van der Waals surface area contributed by atoms with Crippen LogP contribution in [0, 0.1) is 6.92 Å². The van der Waals surface area contributed by atoms with Crippen molar-refractivity contribution in [2.24, 2.45) is 4.99 Å². The van der Waals surface area contributed by atoms with Gasteiger partial charge in [-0.1, -0.05) is 42.5 Å². The van der Waals surface area contributed by atoms with Crippen LogP contribution in [0.15, 0.2) is 53.5 Å². The third-order valence-corrected chi connectivity index (χ3v) is 5.31. The fraction of sp³-hybridized carbons (Fsp3) is 0.440. The first kappa shape index (κ1) is 22.7. The molecule has 1 aliphatic heterocycles. The first-order chi connectivity index (χ1) is 15.0. The summed E-state index contributed by atoms with van der Waals surface area (Å²) in [5.74, 6) is 1.94. The van der Waals surface area contributed by atoms with Crippen molar-refractivity contribution in [2.75, 3.05) is 19.6 Å². The van der Waals surface area contributed by atoms with E-state index in [1.807, 2.05) is 30.0 Å². The summed E-state index contributed by atoms with van der Waals surface area (Å²) in [6.45, 7) is 9.76. The van der Waals surface area contributed by atoms with E-state index in [2.05, 4.69) is 54.8 Å². The number of benzene rings is 2. The van der Waals surface area contributed by atoms with Crippen LogP contribution in [0.1, 0.15) is 43.4 Å². The Labute approximate surface area is 185 Å². The SMILES string of the molecule is CCNC(=NCc1ccc(CN2CCCC2=O)cc1)NCC(C)Oc1ccccc1C. The van der Waals surface area contributed by atoms with Crippen molar-refractivity contribution in [3.05, 3.63) is 65.2 Å². The van der Waals surface area contributed by atoms with Gasteiger partial charge in [-0.15, -0.1) is 0 Å². The molecule has 31 heavy (non-hydrogen) atoms. The summed E-state index contributed by atoms with van der Waals surface area (Å²) in [4.78, 5) is 18.4. The predicted molar refractivity (Wildman–Crippen MR) is 125 cm³/mol. The minimum absolute atomic E-state index is 0.0116. The lowest BCUT2D eigenvalue weighted by Crippen LogP contribution is -2.41. The van der Waals surface area contributed by atoms with Crippen molar-refractivity contribution >= 4 is 11.9 Å². The molecule has 6 nitrogen and oxygen atoms in total. The van der Waals surface area contributed by atoms with Gasteiger partial charge < -0.3 is 20.3 Å². The van der Waals surface area contributed by atoms with E-state index in [4.69, 9.17) is 9.73 Å². The maximum Gasteiger partial charge on any atom is 0.222 e. The summed E-state index contributed by atoms with van der Waals surface area (Å²) < 4.78 is 6.04. The zero-order valence-electron chi connectivity index (χ0n) is 18.9. The van der Waals surface area contributed by atoms with Crippen LogP contribution in [-0.4, -0.2) is 42.5 Å². The Morgan fingerprint density at radius 3 is 2.55 bits per heavy atom. The minimum atomic E-state index is 0.0116. The molecule has 1 fully saturated rings. The van der Waals surface area contributed by atoms with Crippen LogP contribution in [0.4, 0.5) is 0 Å². The Morgan fingerprint density at radius 2 is 1.87 bits per heavy atom. The molecule has 0 saturated carbocycles. The maximum absolute atomic E-state index is 11.8. The molecular formula is C25H34N4O2. The molecule has 2 aromatic carbocycles. The molecule has 0 bridgehead atoms. The van der Waals surface area contributed by atoms with Crippen LogP contribution in [0.25, 0.3) is 0 Å². The van der Waals surface area contributed by atoms with Gasteiger partial charge >= 0.3 is 0 Å². The lowest BCUT2D eigenvalue weighted by molar-refractivity contribution is -0.128. The number of carbonyl (C=O) groups is 1. The summed E-state index contributed by atoms with van der Waals surface area (Å²) in [5, 5.41) is 6.65. The quantitative estimate of drug-likeness (QED) is 0.478. The van der Waals surface area contributed by atoms with E-state index >= 15 is 0 Å². The molecule has 1 unspecified atom stereocenters. The highest BCUT2D eigenvalue weighted by atomic mass is 16.5. The van der Waals surface area contributed by atoms with Crippen LogP contribution in [0.3, 0.4) is 0 Å². The van der Waals surface area contributed by atoms with Crippen molar-refractivity contribution < 1.29 is 9.53 Å². The first-order valence-corrected chi connectivity index (χ1v) is 11.1. The van der Waals surface area contributed by atoms with Crippen LogP contribution in [0.2, 0.25) is 0 Å². The Bertz CT molecular complexity index is 879. The lowest BCUT2D eigenvalue weighted by Gasteiger charge is -2.19. The number of hydrogen-bond donors (Lipinski definition) is 2. The normalized spacial score (nSPS) is 15.1. The van der Waals surface area contributed by atoms with Gasteiger partial charge in [-0.3, -0.25) is 4.79 Å². The molecule has 0 aromatic heterocycles. The highest BCUT2D eigenvalue weighted by Crippen LogP contribution is 2.17. The van der Waals surface area contributed by atoms with Crippen molar-refractivity contribution in [1.29, 1.82) is 0 Å². The molecule has 1 saturated heterocycles. The van der Waals surface area contributed by atoms with Gasteiger partial charge in [-0.2, -0.15) is 0 Å². The highest BCUT2D eigenvalue weighted by molar-refractivity contribution is 5.79. The summed E-state index contributed by atoms with van der Waals surface area (Å²) in [7, 11) is 0. The fourth-order valence-corrected chi connectivity index (χ4v) is 3.54. The average molecular weight is 423 g/mol. The number of hydrogen-bond acceptors (Lipinski definition) is 3. The Balaban J connectivity index is 1.50. The fourth-order valence-electron chi connectivity index (χ4n) is 3.54. The van der Waals surface area contributed by atoms with E-state index in [0.717, 1.165) is 47.9 Å². The molecule has 1 aliphatic rings. The molecule has 1 heterocycles. The second-order valence-corrected chi connectivity index (χ2v) is 8.01. The molecule has 3 rings (SSSR count). The van der Waals surface area contributed by atoms with Gasteiger partial charge in [-0.25, -0.2) is 4.99 Å². The van der Waals surface area contributed by atoms with E-state index < -0.39 is 0 Å². The maximum atomic E-state index is 11.8. The third-order valence-electron chi connectivity index (χ3n) is 5.31. The number of aryl methyl sites for hydroxylation is 1. The second kappa shape index (κ2) is 11.4. The third kappa shape index (κ3) is 7.02. The van der Waals surface area contributed by atoms with Crippen LogP contribution in [-0.2, 0) is 17.9 Å². The Morgan fingerprint density at radius 1 is 1.13 bits per heavy atom. The van der Waals surface area contributed by atoms with Crippen molar-refractivity contribution in [3.63, 3.8) is 0 Å². The molecule has 6 heteroatoms. The van der Waals surface area contributed by atoms with Gasteiger partial charge in [0.05, 0.1) is 13.1 Å². The van der Waals surface area contributed by atoms with Gasteiger partial charge in [0.15, 0.2) is 5.96 Å². The van der Waals surface area contributed by atoms with Crippen LogP contribution < -0.4 is 15.4 Å². The van der Waals surface area contributed by atoms with Gasteiger partial charge in [0.1, 0.15) is 11.9 Å². The van der Waals surface area contributed by atoms with E-state index in [9.17, 15) is 4.79 Å². The molecule has 2 N–H and O–H groups in total. The van der Waals surface area contributed by atoms with Crippen molar-refractivity contribution in [1.82, 2.24) is 15.5 Å².